The quantitative estimate of drug-likeness (QED) is 0.183. The van der Waals surface area contributed by atoms with Gasteiger partial charge in [0.05, 0.1) is 28.1 Å². The number of hydrogen-bond acceptors (Lipinski definition) is 6. The summed E-state index contributed by atoms with van der Waals surface area (Å²) >= 11 is 1.77. The summed E-state index contributed by atoms with van der Waals surface area (Å²) in [5.41, 5.74) is 10.2. The molecule has 0 unspecified atom stereocenters. The van der Waals surface area contributed by atoms with E-state index in [1.807, 2.05) is 36.4 Å². The first kappa shape index (κ1) is 29.7. The van der Waals surface area contributed by atoms with Gasteiger partial charge in [0.15, 0.2) is 17.5 Å². The lowest BCUT2D eigenvalue weighted by Crippen LogP contribution is -2.14. The van der Waals surface area contributed by atoms with Crippen molar-refractivity contribution in [2.75, 3.05) is 4.90 Å². The summed E-state index contributed by atoms with van der Waals surface area (Å²) in [6, 6.07) is 59.1. The van der Waals surface area contributed by atoms with Crippen molar-refractivity contribution in [1.82, 2.24) is 24.5 Å². The van der Waals surface area contributed by atoms with E-state index < -0.39 is 0 Å². The van der Waals surface area contributed by atoms with Crippen molar-refractivity contribution in [2.24, 2.45) is 0 Å². The molecule has 3 aromatic heterocycles. The number of para-hydroxylation sites is 4. The number of hydrogen-bond donors (Lipinski definition) is 0. The van der Waals surface area contributed by atoms with Crippen molar-refractivity contribution in [3.8, 4) is 51.0 Å². The number of anilines is 3. The number of nitrogens with zero attached hydrogens (tertiary/aromatic N) is 6. The zero-order valence-electron chi connectivity index (χ0n) is 28.3. The summed E-state index contributed by atoms with van der Waals surface area (Å²) in [6.45, 7) is 0. The highest BCUT2D eigenvalue weighted by Crippen LogP contribution is 2.50. The van der Waals surface area contributed by atoms with Crippen molar-refractivity contribution in [1.29, 1.82) is 0 Å². The first-order chi connectivity index (χ1) is 26.3. The first-order valence-electron chi connectivity index (χ1n) is 17.6. The van der Waals surface area contributed by atoms with Gasteiger partial charge in [-0.25, -0.2) is 19.9 Å². The molecule has 1 aliphatic rings. The highest BCUT2D eigenvalue weighted by atomic mass is 32.1. The maximum atomic E-state index is 5.36. The minimum absolute atomic E-state index is 0.621. The molecule has 0 N–H and O–H groups in total. The molecule has 0 saturated heterocycles. The fourth-order valence-electron chi connectivity index (χ4n) is 7.59. The van der Waals surface area contributed by atoms with Crippen LogP contribution in [0.4, 0.5) is 17.3 Å². The van der Waals surface area contributed by atoms with E-state index in [9.17, 15) is 0 Å². The second-order valence-electron chi connectivity index (χ2n) is 13.1. The van der Waals surface area contributed by atoms with Crippen LogP contribution >= 0.6 is 11.3 Å². The number of benzene rings is 7. The lowest BCUT2D eigenvalue weighted by Gasteiger charge is -2.25. The molecule has 1 aliphatic heterocycles. The third kappa shape index (κ3) is 4.71. The van der Waals surface area contributed by atoms with Gasteiger partial charge in [0, 0.05) is 48.0 Å². The zero-order valence-corrected chi connectivity index (χ0v) is 29.1. The number of thiophene rings is 1. The van der Waals surface area contributed by atoms with Crippen LogP contribution in [0.2, 0.25) is 0 Å². The van der Waals surface area contributed by atoms with E-state index >= 15 is 0 Å². The first-order valence-corrected chi connectivity index (χ1v) is 18.4. The molecular formula is C46H28N6S. The van der Waals surface area contributed by atoms with Gasteiger partial charge in [-0.2, -0.15) is 0 Å². The Morgan fingerprint density at radius 1 is 0.434 bits per heavy atom. The maximum absolute atomic E-state index is 5.36. The van der Waals surface area contributed by atoms with E-state index in [0.717, 1.165) is 71.9 Å². The third-order valence-corrected chi connectivity index (χ3v) is 11.2. The maximum Gasteiger partial charge on any atom is 0.220 e. The molecule has 0 saturated carbocycles. The van der Waals surface area contributed by atoms with Gasteiger partial charge in [-0.1, -0.05) is 127 Å². The van der Waals surface area contributed by atoms with Crippen molar-refractivity contribution in [3.05, 3.63) is 170 Å². The van der Waals surface area contributed by atoms with E-state index in [4.69, 9.17) is 19.9 Å². The Kier molecular flexibility index (Phi) is 6.62. The smallest absolute Gasteiger partial charge is 0.220 e. The summed E-state index contributed by atoms with van der Waals surface area (Å²) in [6.07, 6.45) is 0. The molecule has 10 aromatic rings. The number of imidazole rings is 1. The van der Waals surface area contributed by atoms with Crippen LogP contribution in [0, 0.1) is 0 Å². The van der Waals surface area contributed by atoms with Crippen LogP contribution < -0.4 is 4.90 Å². The Balaban J connectivity index is 1.25. The average Bonchev–Trinajstić information content (AvgIpc) is 3.77. The monoisotopic (exact) mass is 696 g/mol. The molecule has 4 heterocycles. The molecular weight excluding hydrogens is 669 g/mol. The van der Waals surface area contributed by atoms with Gasteiger partial charge in [-0.05, 0) is 42.5 Å². The second-order valence-corrected chi connectivity index (χ2v) is 14.2. The predicted molar refractivity (Wildman–Crippen MR) is 217 cm³/mol. The molecule has 7 aromatic carbocycles. The van der Waals surface area contributed by atoms with Gasteiger partial charge >= 0.3 is 0 Å². The lowest BCUT2D eigenvalue weighted by molar-refractivity contribution is 1.05. The Hall–Kier alpha value is -6.96. The predicted octanol–water partition coefficient (Wildman–Crippen LogP) is 12.0. The fourth-order valence-corrected chi connectivity index (χ4v) is 8.79. The molecule has 0 fully saturated rings. The van der Waals surface area contributed by atoms with Gasteiger partial charge in [-0.15, -0.1) is 11.3 Å². The third-order valence-electron chi connectivity index (χ3n) is 9.98. The number of fused-ring (bicyclic) bond motifs is 10. The Labute approximate surface area is 309 Å². The lowest BCUT2D eigenvalue weighted by atomic mass is 10.0. The standard InChI is InChI=1S/C46H28N6S/c1-3-15-29(16-4-1)43-48-44(30-17-5-2-6-18-30)50-45(49-43)36-28-31(27-35-34-21-9-14-26-41(34)53-42(35)36)51-38-23-11-7-19-32(38)33-20-8-12-24-39(33)52-40-25-13-10-22-37(40)47-46(51)52/h1-28H. The van der Waals surface area contributed by atoms with Gasteiger partial charge in [0.25, 0.3) is 0 Å². The molecule has 53 heavy (non-hydrogen) atoms. The summed E-state index contributed by atoms with van der Waals surface area (Å²) in [4.78, 5) is 23.1. The van der Waals surface area contributed by atoms with Crippen LogP contribution in [-0.2, 0) is 0 Å². The van der Waals surface area contributed by atoms with Crippen molar-refractivity contribution in [2.45, 2.75) is 0 Å². The normalized spacial score (nSPS) is 12.1. The average molecular weight is 697 g/mol. The van der Waals surface area contributed by atoms with Gasteiger partial charge in [-0.3, -0.25) is 9.47 Å². The van der Waals surface area contributed by atoms with Crippen LogP contribution in [0.15, 0.2) is 170 Å². The Morgan fingerprint density at radius 2 is 1.02 bits per heavy atom. The number of aromatic nitrogens is 5. The second kappa shape index (κ2) is 11.8. The van der Waals surface area contributed by atoms with E-state index in [1.165, 1.54) is 10.1 Å². The summed E-state index contributed by atoms with van der Waals surface area (Å²) in [5.74, 6) is 2.70. The summed E-state index contributed by atoms with van der Waals surface area (Å²) in [7, 11) is 0. The number of rotatable bonds is 4. The van der Waals surface area contributed by atoms with Crippen LogP contribution in [0.25, 0.3) is 82.2 Å². The zero-order chi connectivity index (χ0) is 34.9. The molecule has 248 valence electrons. The van der Waals surface area contributed by atoms with Crippen LogP contribution in [-0.4, -0.2) is 24.5 Å². The molecule has 0 spiro atoms. The summed E-state index contributed by atoms with van der Waals surface area (Å²) in [5, 5.41) is 2.33. The van der Waals surface area contributed by atoms with Crippen LogP contribution in [0.1, 0.15) is 0 Å². The van der Waals surface area contributed by atoms with Crippen molar-refractivity contribution >= 4 is 59.9 Å². The molecule has 11 rings (SSSR count). The van der Waals surface area contributed by atoms with Crippen molar-refractivity contribution in [3.63, 3.8) is 0 Å². The molecule has 0 radical (unpaired) electrons. The molecule has 0 bridgehead atoms. The van der Waals surface area contributed by atoms with E-state index in [-0.39, 0.29) is 0 Å². The van der Waals surface area contributed by atoms with Gasteiger partial charge in [0.2, 0.25) is 5.95 Å². The van der Waals surface area contributed by atoms with Gasteiger partial charge < -0.3 is 0 Å². The SMILES string of the molecule is c1ccc(-c2nc(-c3ccccc3)nc(-c3cc(N4c5ccccc5-c5ccccc5-n5c4nc4ccccc45)cc4c3sc3ccccc34)n2)cc1. The summed E-state index contributed by atoms with van der Waals surface area (Å²) < 4.78 is 4.63. The van der Waals surface area contributed by atoms with Gasteiger partial charge in [0.1, 0.15) is 0 Å². The van der Waals surface area contributed by atoms with Crippen molar-refractivity contribution < 1.29 is 0 Å². The Morgan fingerprint density at radius 3 is 1.77 bits per heavy atom. The highest BCUT2D eigenvalue weighted by Gasteiger charge is 2.30. The van der Waals surface area contributed by atoms with E-state index in [0.29, 0.717) is 17.5 Å². The molecule has 7 heteroatoms. The minimum Gasteiger partial charge on any atom is -0.280 e. The van der Waals surface area contributed by atoms with Crippen LogP contribution in [0.5, 0.6) is 0 Å². The fraction of sp³-hybridized carbons (Fsp3) is 0. The Bertz CT molecular complexity index is 2960. The van der Waals surface area contributed by atoms with E-state index in [1.54, 1.807) is 11.3 Å². The van der Waals surface area contributed by atoms with Crippen LogP contribution in [0.3, 0.4) is 0 Å². The van der Waals surface area contributed by atoms with E-state index in [2.05, 4.69) is 143 Å². The molecule has 0 amide bonds. The highest BCUT2D eigenvalue weighted by molar-refractivity contribution is 7.26. The largest absolute Gasteiger partial charge is 0.280 e. The topological polar surface area (TPSA) is 59.7 Å². The molecule has 0 atom stereocenters. The minimum atomic E-state index is 0.621. The molecule has 0 aliphatic carbocycles. The molecule has 6 nitrogen and oxygen atoms in total.